The van der Waals surface area contributed by atoms with E-state index in [4.69, 9.17) is 0 Å². The number of aromatic nitrogens is 2. The molecule has 6 nitrogen and oxygen atoms in total. The lowest BCUT2D eigenvalue weighted by molar-refractivity contribution is -0.139. The first-order chi connectivity index (χ1) is 11.4. The molecule has 24 heavy (non-hydrogen) atoms. The van der Waals surface area contributed by atoms with E-state index < -0.39 is 23.4 Å². The lowest BCUT2D eigenvalue weighted by Gasteiger charge is -2.25. The summed E-state index contributed by atoms with van der Waals surface area (Å²) in [7, 11) is 0. The van der Waals surface area contributed by atoms with Gasteiger partial charge in [0.05, 0.1) is 17.7 Å². The van der Waals surface area contributed by atoms with Crippen LogP contribution in [0.5, 0.6) is 0 Å². The van der Waals surface area contributed by atoms with Gasteiger partial charge in [0.15, 0.2) is 0 Å². The third kappa shape index (κ3) is 2.43. The molecule has 2 N–H and O–H groups in total. The summed E-state index contributed by atoms with van der Waals surface area (Å²) in [5.74, 6) is -1.62. The van der Waals surface area contributed by atoms with E-state index in [9.17, 15) is 19.8 Å². The molecule has 0 radical (unpaired) electrons. The molecule has 0 aliphatic heterocycles. The number of carbonyl (C=O) groups is 1. The SMILES string of the molecule is CCn1nc(C)c(C(O)[C@@]2(c3ccccc3)C[C@H]2C(=O)O)cc1=O. The average Bonchev–Trinajstić information content (AvgIpc) is 3.34. The molecule has 0 bridgehead atoms. The highest BCUT2D eigenvalue weighted by Gasteiger charge is 2.64. The molecule has 3 atom stereocenters. The Hall–Kier alpha value is -2.47. The molecular formula is C18H20N2O4. The van der Waals surface area contributed by atoms with E-state index in [0.29, 0.717) is 24.2 Å². The fraction of sp³-hybridized carbons (Fsp3) is 0.389. The Morgan fingerprint density at radius 2 is 2.08 bits per heavy atom. The second-order valence-electron chi connectivity index (χ2n) is 6.24. The van der Waals surface area contributed by atoms with Crippen LogP contribution < -0.4 is 5.56 Å². The minimum atomic E-state index is -1.09. The van der Waals surface area contributed by atoms with Crippen LogP contribution in [0.15, 0.2) is 41.2 Å². The highest BCUT2D eigenvalue weighted by molar-refractivity contribution is 5.77. The lowest BCUT2D eigenvalue weighted by atomic mass is 9.83. The highest BCUT2D eigenvalue weighted by atomic mass is 16.4. The highest BCUT2D eigenvalue weighted by Crippen LogP contribution is 2.61. The normalized spacial score (nSPS) is 23.7. The molecule has 1 aromatic heterocycles. The van der Waals surface area contributed by atoms with Gasteiger partial charge < -0.3 is 10.2 Å². The van der Waals surface area contributed by atoms with Gasteiger partial charge in [-0.2, -0.15) is 5.10 Å². The van der Waals surface area contributed by atoms with Crippen LogP contribution in [0.4, 0.5) is 0 Å². The van der Waals surface area contributed by atoms with Crippen LogP contribution in [-0.2, 0) is 16.8 Å². The van der Waals surface area contributed by atoms with E-state index in [1.165, 1.54) is 10.7 Å². The minimum Gasteiger partial charge on any atom is -0.481 e. The minimum absolute atomic E-state index is 0.298. The quantitative estimate of drug-likeness (QED) is 0.870. The standard InChI is InChI=1S/C18H20N2O4/c1-3-20-15(21)9-13(11(2)19-20)16(22)18(10-14(18)17(23)24)12-7-5-4-6-8-12/h4-9,14,16,22H,3,10H2,1-2H3,(H,23,24)/t14-,16?,18+/m0/s1. The van der Waals surface area contributed by atoms with Crippen LogP contribution in [-0.4, -0.2) is 26.0 Å². The van der Waals surface area contributed by atoms with Crippen molar-refractivity contribution in [3.8, 4) is 0 Å². The van der Waals surface area contributed by atoms with Crippen molar-refractivity contribution in [2.75, 3.05) is 0 Å². The van der Waals surface area contributed by atoms with Crippen molar-refractivity contribution in [3.05, 3.63) is 63.6 Å². The Morgan fingerprint density at radius 3 is 2.62 bits per heavy atom. The monoisotopic (exact) mass is 328 g/mol. The fourth-order valence-electron chi connectivity index (χ4n) is 3.49. The molecule has 0 amide bonds. The molecule has 1 heterocycles. The molecule has 3 rings (SSSR count). The van der Waals surface area contributed by atoms with Gasteiger partial charge >= 0.3 is 5.97 Å². The van der Waals surface area contributed by atoms with Crippen LogP contribution in [0.3, 0.4) is 0 Å². The maximum Gasteiger partial charge on any atom is 0.307 e. The molecule has 1 aliphatic carbocycles. The molecule has 1 aromatic carbocycles. The van der Waals surface area contributed by atoms with Crippen LogP contribution in [0.2, 0.25) is 0 Å². The van der Waals surface area contributed by atoms with Crippen molar-refractivity contribution in [2.24, 2.45) is 5.92 Å². The van der Waals surface area contributed by atoms with Gasteiger partial charge in [-0.25, -0.2) is 4.68 Å². The van der Waals surface area contributed by atoms with E-state index >= 15 is 0 Å². The van der Waals surface area contributed by atoms with E-state index in [1.807, 2.05) is 37.3 Å². The summed E-state index contributed by atoms with van der Waals surface area (Å²) in [4.78, 5) is 23.6. The number of hydrogen-bond donors (Lipinski definition) is 2. The summed E-state index contributed by atoms with van der Waals surface area (Å²) in [6.45, 7) is 3.98. The second-order valence-corrected chi connectivity index (χ2v) is 6.24. The Labute approximate surface area is 139 Å². The molecule has 126 valence electrons. The van der Waals surface area contributed by atoms with Crippen molar-refractivity contribution in [2.45, 2.75) is 38.3 Å². The zero-order valence-corrected chi connectivity index (χ0v) is 13.6. The molecule has 1 saturated carbocycles. The van der Waals surface area contributed by atoms with Crippen molar-refractivity contribution in [3.63, 3.8) is 0 Å². The zero-order valence-electron chi connectivity index (χ0n) is 13.6. The van der Waals surface area contributed by atoms with Crippen LogP contribution >= 0.6 is 0 Å². The third-order valence-electron chi connectivity index (χ3n) is 4.92. The topological polar surface area (TPSA) is 92.4 Å². The maximum atomic E-state index is 12.1. The van der Waals surface area contributed by atoms with Crippen LogP contribution in [0.25, 0.3) is 0 Å². The summed E-state index contributed by atoms with van der Waals surface area (Å²) in [6, 6.07) is 10.5. The molecule has 1 fully saturated rings. The lowest BCUT2D eigenvalue weighted by Crippen LogP contribution is -2.29. The largest absolute Gasteiger partial charge is 0.481 e. The Morgan fingerprint density at radius 1 is 1.42 bits per heavy atom. The predicted octanol–water partition coefficient (Wildman–Crippen LogP) is 1.65. The fourth-order valence-corrected chi connectivity index (χ4v) is 3.49. The van der Waals surface area contributed by atoms with Crippen LogP contribution in [0.1, 0.15) is 36.3 Å². The first-order valence-electron chi connectivity index (χ1n) is 7.97. The van der Waals surface area contributed by atoms with Crippen molar-refractivity contribution < 1.29 is 15.0 Å². The van der Waals surface area contributed by atoms with Gasteiger partial charge in [0.2, 0.25) is 0 Å². The first kappa shape index (κ1) is 16.4. The number of aliphatic hydroxyl groups excluding tert-OH is 1. The number of carboxylic acids is 1. The smallest absolute Gasteiger partial charge is 0.307 e. The number of aryl methyl sites for hydroxylation is 2. The number of aliphatic carboxylic acids is 1. The number of benzene rings is 1. The maximum absolute atomic E-state index is 12.1. The van der Waals surface area contributed by atoms with E-state index in [0.717, 1.165) is 5.56 Å². The summed E-state index contributed by atoms with van der Waals surface area (Å²) in [5.41, 5.74) is 0.495. The van der Waals surface area contributed by atoms with Crippen LogP contribution in [0, 0.1) is 12.8 Å². The number of aliphatic hydroxyl groups is 1. The molecule has 1 aliphatic rings. The molecule has 0 spiro atoms. The van der Waals surface area contributed by atoms with Gasteiger partial charge in [0.1, 0.15) is 0 Å². The van der Waals surface area contributed by atoms with Crippen molar-refractivity contribution in [1.82, 2.24) is 9.78 Å². The molecule has 2 aromatic rings. The van der Waals surface area contributed by atoms with E-state index in [1.54, 1.807) is 6.92 Å². The summed E-state index contributed by atoms with van der Waals surface area (Å²) >= 11 is 0. The number of nitrogens with zero attached hydrogens (tertiary/aromatic N) is 2. The molecule has 0 saturated heterocycles. The average molecular weight is 328 g/mol. The molecule has 1 unspecified atom stereocenters. The predicted molar refractivity (Wildman–Crippen MR) is 87.7 cm³/mol. The van der Waals surface area contributed by atoms with E-state index in [2.05, 4.69) is 5.10 Å². The summed E-state index contributed by atoms with van der Waals surface area (Å²) in [6.07, 6.45) is -0.753. The van der Waals surface area contributed by atoms with E-state index in [-0.39, 0.29) is 5.56 Å². The Balaban J connectivity index is 2.10. The first-order valence-corrected chi connectivity index (χ1v) is 7.97. The molecule has 6 heteroatoms. The third-order valence-corrected chi connectivity index (χ3v) is 4.92. The number of rotatable bonds is 5. The van der Waals surface area contributed by atoms with Gasteiger partial charge in [-0.1, -0.05) is 30.3 Å². The van der Waals surface area contributed by atoms with Gasteiger partial charge in [0.25, 0.3) is 5.56 Å². The number of carboxylic acid groups (broad SMARTS) is 1. The Bertz CT molecular complexity index is 831. The van der Waals surface area contributed by atoms with Gasteiger partial charge in [-0.15, -0.1) is 0 Å². The zero-order chi connectivity index (χ0) is 17.5. The Kier molecular flexibility index (Phi) is 4.01. The summed E-state index contributed by atoms with van der Waals surface area (Å²) < 4.78 is 1.32. The van der Waals surface area contributed by atoms with Gasteiger partial charge in [0, 0.05) is 23.6 Å². The van der Waals surface area contributed by atoms with Crippen molar-refractivity contribution >= 4 is 5.97 Å². The van der Waals surface area contributed by atoms with Gasteiger partial charge in [-0.05, 0) is 25.8 Å². The van der Waals surface area contributed by atoms with Crippen molar-refractivity contribution in [1.29, 1.82) is 0 Å². The second kappa shape index (κ2) is 5.87. The van der Waals surface area contributed by atoms with Gasteiger partial charge in [-0.3, -0.25) is 9.59 Å². The molecular weight excluding hydrogens is 308 g/mol. The summed E-state index contributed by atoms with van der Waals surface area (Å²) in [5, 5.41) is 24.7. The number of hydrogen-bond acceptors (Lipinski definition) is 4.